The lowest BCUT2D eigenvalue weighted by molar-refractivity contribution is 0.156. The van der Waals surface area contributed by atoms with Crippen molar-refractivity contribution < 1.29 is 14.3 Å². The van der Waals surface area contributed by atoms with Crippen LogP contribution < -0.4 is 10.1 Å². The third-order valence-electron chi connectivity index (χ3n) is 4.07. The van der Waals surface area contributed by atoms with Gasteiger partial charge in [-0.05, 0) is 24.3 Å². The second-order valence-electron chi connectivity index (χ2n) is 6.19. The van der Waals surface area contributed by atoms with E-state index in [1.54, 1.807) is 48.7 Å². The summed E-state index contributed by atoms with van der Waals surface area (Å²) >= 11 is 12.2. The van der Waals surface area contributed by atoms with Crippen LogP contribution in [0.25, 0.3) is 0 Å². The molecular weight excluding hydrogens is 441 g/mol. The lowest BCUT2D eigenvalue weighted by atomic mass is 10.0. The van der Waals surface area contributed by atoms with Gasteiger partial charge in [-0.25, -0.2) is 9.80 Å². The molecule has 0 saturated carbocycles. The maximum absolute atomic E-state index is 12.1. The number of alkyl carbamates (subject to hydrolysis) is 1. The molecule has 0 radical (unpaired) electrons. The Balaban J connectivity index is 1.91. The molecule has 0 aliphatic carbocycles. The fourth-order valence-electron chi connectivity index (χ4n) is 2.74. The van der Waals surface area contributed by atoms with Crippen molar-refractivity contribution >= 4 is 41.0 Å². The van der Waals surface area contributed by atoms with E-state index in [1.807, 2.05) is 6.07 Å². The highest BCUT2D eigenvalue weighted by Gasteiger charge is 2.33. The number of rotatable bonds is 5. The van der Waals surface area contributed by atoms with Crippen molar-refractivity contribution in [1.29, 1.82) is 5.26 Å². The Kier molecular flexibility index (Phi) is 7.49. The van der Waals surface area contributed by atoms with Gasteiger partial charge in [0.05, 0.1) is 28.3 Å². The molecule has 10 heteroatoms. The number of aliphatic imine (C=N–C) groups is 1. The second kappa shape index (κ2) is 10.5. The summed E-state index contributed by atoms with van der Waals surface area (Å²) in [6, 6.07) is 13.2. The van der Waals surface area contributed by atoms with E-state index in [-0.39, 0.29) is 19.2 Å². The topological polar surface area (TPSA) is 99.3 Å². The number of amidine groups is 1. The number of nitrogens with zero attached hydrogens (tertiary/aromatic N) is 4. The van der Waals surface area contributed by atoms with Crippen LogP contribution in [-0.2, 0) is 4.74 Å². The summed E-state index contributed by atoms with van der Waals surface area (Å²) in [6.07, 6.45) is 2.52. The Hall–Kier alpha value is -3.54. The van der Waals surface area contributed by atoms with Crippen LogP contribution in [0.2, 0.25) is 10.0 Å². The first-order valence-corrected chi connectivity index (χ1v) is 9.82. The van der Waals surface area contributed by atoms with E-state index in [4.69, 9.17) is 37.9 Å². The minimum atomic E-state index is -0.651. The molecule has 2 aromatic carbocycles. The van der Waals surface area contributed by atoms with Crippen LogP contribution in [0.3, 0.4) is 0 Å². The standard InChI is InChI=1S/C21H17Cl2N5O3/c1-2-10-30-21(29)26-18-12-28(20(25-13-24)31-15-6-4-3-5-7-15)27-19(18)14-8-9-16(22)17(23)11-14/h2-9,11,18H,1,10,12H2,(H,26,29)/b25-20+. The van der Waals surface area contributed by atoms with Gasteiger partial charge in [-0.3, -0.25) is 0 Å². The molecule has 1 unspecified atom stereocenters. The van der Waals surface area contributed by atoms with E-state index in [0.717, 1.165) is 0 Å². The van der Waals surface area contributed by atoms with Crippen LogP contribution in [0.1, 0.15) is 5.56 Å². The Morgan fingerprint density at radius 3 is 2.77 bits per heavy atom. The number of amides is 1. The van der Waals surface area contributed by atoms with Crippen molar-refractivity contribution in [3.8, 4) is 11.9 Å². The van der Waals surface area contributed by atoms with Gasteiger partial charge in [-0.15, -0.1) is 4.99 Å². The van der Waals surface area contributed by atoms with Gasteiger partial charge in [-0.1, -0.05) is 60.1 Å². The molecule has 31 heavy (non-hydrogen) atoms. The fraction of sp³-hybridized carbons (Fsp3) is 0.143. The molecule has 0 aromatic heterocycles. The molecular formula is C21H17Cl2N5O3. The summed E-state index contributed by atoms with van der Waals surface area (Å²) in [7, 11) is 0. The van der Waals surface area contributed by atoms with Crippen molar-refractivity contribution in [3.05, 3.63) is 76.8 Å². The number of carbonyl (C=O) groups is 1. The first-order chi connectivity index (χ1) is 15.0. The zero-order chi connectivity index (χ0) is 22.2. The monoisotopic (exact) mass is 457 g/mol. The van der Waals surface area contributed by atoms with Gasteiger partial charge in [0, 0.05) is 5.56 Å². The normalized spacial score (nSPS) is 15.6. The zero-order valence-corrected chi connectivity index (χ0v) is 17.7. The largest absolute Gasteiger partial charge is 0.445 e. The first-order valence-electron chi connectivity index (χ1n) is 9.07. The van der Waals surface area contributed by atoms with E-state index in [0.29, 0.717) is 27.1 Å². The van der Waals surface area contributed by atoms with Crippen LogP contribution in [0.15, 0.2) is 71.3 Å². The first kappa shape index (κ1) is 22.2. The number of benzene rings is 2. The highest BCUT2D eigenvalue weighted by Crippen LogP contribution is 2.25. The van der Waals surface area contributed by atoms with Gasteiger partial charge in [0.2, 0.25) is 6.19 Å². The quantitative estimate of drug-likeness (QED) is 0.313. The Bertz CT molecular complexity index is 1070. The number of halogens is 2. The lowest BCUT2D eigenvalue weighted by Gasteiger charge is -2.18. The van der Waals surface area contributed by atoms with Crippen molar-refractivity contribution in [1.82, 2.24) is 10.3 Å². The molecule has 8 nitrogen and oxygen atoms in total. The van der Waals surface area contributed by atoms with Gasteiger partial charge in [0.1, 0.15) is 12.4 Å². The Morgan fingerprint density at radius 2 is 2.10 bits per heavy atom. The minimum Gasteiger partial charge on any atom is -0.445 e. The number of nitrogens with one attached hydrogen (secondary N) is 1. The van der Waals surface area contributed by atoms with Crippen molar-refractivity contribution in [2.75, 3.05) is 13.2 Å². The fourth-order valence-corrected chi connectivity index (χ4v) is 3.04. The van der Waals surface area contributed by atoms with Gasteiger partial charge in [0.15, 0.2) is 0 Å². The molecule has 0 bridgehead atoms. The SMILES string of the molecule is C=CCOC(=O)NC1CN(/C(=N\C#N)Oc2ccccc2)N=C1c1ccc(Cl)c(Cl)c1. The number of nitriles is 1. The zero-order valence-electron chi connectivity index (χ0n) is 16.2. The molecule has 158 valence electrons. The molecule has 0 fully saturated rings. The number of hydrazone groups is 1. The number of hydrogen-bond acceptors (Lipinski definition) is 6. The second-order valence-corrected chi connectivity index (χ2v) is 7.00. The highest BCUT2D eigenvalue weighted by molar-refractivity contribution is 6.42. The summed E-state index contributed by atoms with van der Waals surface area (Å²) in [5.41, 5.74) is 1.10. The predicted molar refractivity (Wildman–Crippen MR) is 118 cm³/mol. The average molecular weight is 458 g/mol. The Labute approximate surface area is 189 Å². The van der Waals surface area contributed by atoms with E-state index >= 15 is 0 Å². The molecule has 2 aromatic rings. The minimum absolute atomic E-state index is 0.0463. The molecule has 0 spiro atoms. The van der Waals surface area contributed by atoms with Crippen molar-refractivity contribution in [2.24, 2.45) is 10.1 Å². The van der Waals surface area contributed by atoms with Gasteiger partial charge in [-0.2, -0.15) is 10.4 Å². The third-order valence-corrected chi connectivity index (χ3v) is 4.81. The van der Waals surface area contributed by atoms with Crippen LogP contribution in [0.5, 0.6) is 5.75 Å². The number of ether oxygens (including phenoxy) is 2. The summed E-state index contributed by atoms with van der Waals surface area (Å²) in [4.78, 5) is 15.9. The third kappa shape index (κ3) is 5.75. The number of para-hydroxylation sites is 1. The van der Waals surface area contributed by atoms with Crippen molar-refractivity contribution in [3.63, 3.8) is 0 Å². The summed E-state index contributed by atoms with van der Waals surface area (Å²) in [5.74, 6) is 0.476. The Morgan fingerprint density at radius 1 is 1.32 bits per heavy atom. The summed E-state index contributed by atoms with van der Waals surface area (Å²) < 4.78 is 10.7. The van der Waals surface area contributed by atoms with Gasteiger partial charge >= 0.3 is 12.1 Å². The summed E-state index contributed by atoms with van der Waals surface area (Å²) in [6.45, 7) is 3.71. The van der Waals surface area contributed by atoms with E-state index in [9.17, 15) is 4.79 Å². The average Bonchev–Trinajstić information content (AvgIpc) is 3.18. The molecule has 1 aliphatic heterocycles. The van der Waals surface area contributed by atoms with E-state index in [1.165, 1.54) is 11.1 Å². The van der Waals surface area contributed by atoms with Gasteiger partial charge in [0.25, 0.3) is 0 Å². The lowest BCUT2D eigenvalue weighted by Crippen LogP contribution is -2.44. The number of carbonyl (C=O) groups excluding carboxylic acids is 1. The molecule has 3 rings (SSSR count). The molecule has 1 heterocycles. The number of hydrogen-bond donors (Lipinski definition) is 1. The molecule has 1 atom stereocenters. The molecule has 1 amide bonds. The maximum atomic E-state index is 12.1. The maximum Gasteiger partial charge on any atom is 0.408 e. The van der Waals surface area contributed by atoms with Crippen LogP contribution in [-0.4, -0.2) is 42.0 Å². The molecule has 1 N–H and O–H groups in total. The molecule has 0 saturated heterocycles. The predicted octanol–water partition coefficient (Wildman–Crippen LogP) is 4.21. The van der Waals surface area contributed by atoms with Crippen LogP contribution in [0.4, 0.5) is 4.79 Å². The summed E-state index contributed by atoms with van der Waals surface area (Å²) in [5, 5.41) is 18.5. The van der Waals surface area contributed by atoms with Gasteiger partial charge < -0.3 is 14.8 Å². The molecule has 1 aliphatic rings. The van der Waals surface area contributed by atoms with E-state index < -0.39 is 12.1 Å². The van der Waals surface area contributed by atoms with Crippen LogP contribution in [0, 0.1) is 11.5 Å². The highest BCUT2D eigenvalue weighted by atomic mass is 35.5. The van der Waals surface area contributed by atoms with E-state index in [2.05, 4.69) is 22.0 Å². The smallest absolute Gasteiger partial charge is 0.408 e. The van der Waals surface area contributed by atoms with Crippen LogP contribution >= 0.6 is 23.2 Å². The van der Waals surface area contributed by atoms with Crippen molar-refractivity contribution in [2.45, 2.75) is 6.04 Å².